The number of nitro benzene ring substituents is 1. The number of carbonyl (C=O) groups is 2. The van der Waals surface area contributed by atoms with Gasteiger partial charge in [0.25, 0.3) is 5.69 Å². The molecule has 3 rings (SSSR count). The molecule has 0 aromatic heterocycles. The third-order valence-electron chi connectivity index (χ3n) is 4.71. The van der Waals surface area contributed by atoms with Crippen molar-refractivity contribution in [2.75, 3.05) is 16.8 Å². The van der Waals surface area contributed by atoms with E-state index in [-0.39, 0.29) is 30.5 Å². The highest BCUT2D eigenvalue weighted by Crippen LogP contribution is 2.30. The zero-order valence-corrected chi connectivity index (χ0v) is 16.4. The van der Waals surface area contributed by atoms with Gasteiger partial charge < -0.3 is 10.2 Å². The number of nitrogens with zero attached hydrogens (tertiary/aromatic N) is 2. The normalized spacial score (nSPS) is 16.5. The molecule has 7 nitrogen and oxygen atoms in total. The van der Waals surface area contributed by atoms with E-state index in [1.807, 2.05) is 25.1 Å². The summed E-state index contributed by atoms with van der Waals surface area (Å²) in [4.78, 5) is 37.2. The second-order valence-electron chi connectivity index (χ2n) is 6.53. The highest BCUT2D eigenvalue weighted by Gasteiger charge is 2.35. The first kappa shape index (κ1) is 19.0. The highest BCUT2D eigenvalue weighted by molar-refractivity contribution is 9.10. The molecule has 1 atom stereocenters. The van der Waals surface area contributed by atoms with Crippen molar-refractivity contribution in [1.29, 1.82) is 0 Å². The van der Waals surface area contributed by atoms with Crippen molar-refractivity contribution in [3.05, 3.63) is 62.1 Å². The fourth-order valence-electron chi connectivity index (χ4n) is 3.12. The summed E-state index contributed by atoms with van der Waals surface area (Å²) in [5.74, 6) is -0.948. The van der Waals surface area contributed by atoms with E-state index < -0.39 is 10.8 Å². The molecule has 8 heteroatoms. The number of carbonyl (C=O) groups excluding carboxylic acids is 2. The number of amides is 2. The van der Waals surface area contributed by atoms with Crippen LogP contribution in [0.3, 0.4) is 0 Å². The van der Waals surface area contributed by atoms with Gasteiger partial charge in [0, 0.05) is 29.2 Å². The average Bonchev–Trinajstić information content (AvgIpc) is 3.01. The Morgan fingerprint density at radius 2 is 2.04 bits per heavy atom. The zero-order chi connectivity index (χ0) is 19.7. The maximum absolute atomic E-state index is 12.6. The van der Waals surface area contributed by atoms with Crippen LogP contribution < -0.4 is 10.2 Å². The van der Waals surface area contributed by atoms with Crippen molar-refractivity contribution in [3.8, 4) is 0 Å². The molecule has 0 unspecified atom stereocenters. The second kappa shape index (κ2) is 7.48. The van der Waals surface area contributed by atoms with Crippen molar-refractivity contribution in [2.24, 2.45) is 5.92 Å². The Morgan fingerprint density at radius 3 is 2.70 bits per heavy atom. The van der Waals surface area contributed by atoms with Crippen LogP contribution in [0.2, 0.25) is 0 Å². The summed E-state index contributed by atoms with van der Waals surface area (Å²) in [6.07, 6.45) is 0.106. The average molecular weight is 432 g/mol. The molecular weight excluding hydrogens is 414 g/mol. The van der Waals surface area contributed by atoms with Crippen LogP contribution >= 0.6 is 15.9 Å². The Bertz CT molecular complexity index is 945. The zero-order valence-electron chi connectivity index (χ0n) is 14.9. The van der Waals surface area contributed by atoms with Crippen LogP contribution in [0.1, 0.15) is 17.5 Å². The SMILES string of the molecule is Cc1cc(N2C[C@H](C(=O)Nc3cccc([N+](=O)[O-])c3C)CC2=O)ccc1Br. The molecule has 27 heavy (non-hydrogen) atoms. The van der Waals surface area contributed by atoms with Crippen LogP contribution in [0, 0.1) is 29.9 Å². The molecular formula is C19H18BrN3O4. The Hall–Kier alpha value is -2.74. The first-order chi connectivity index (χ1) is 12.8. The lowest BCUT2D eigenvalue weighted by molar-refractivity contribution is -0.385. The molecule has 2 aromatic carbocycles. The summed E-state index contributed by atoms with van der Waals surface area (Å²) in [5.41, 5.74) is 2.48. The Kier molecular flexibility index (Phi) is 5.27. The van der Waals surface area contributed by atoms with Gasteiger partial charge in [-0.15, -0.1) is 0 Å². The summed E-state index contributed by atoms with van der Waals surface area (Å²) < 4.78 is 0.952. The molecule has 0 bridgehead atoms. The van der Waals surface area contributed by atoms with Gasteiger partial charge in [-0.2, -0.15) is 0 Å². The van der Waals surface area contributed by atoms with E-state index in [1.165, 1.54) is 12.1 Å². The van der Waals surface area contributed by atoms with E-state index >= 15 is 0 Å². The van der Waals surface area contributed by atoms with Gasteiger partial charge >= 0.3 is 0 Å². The second-order valence-corrected chi connectivity index (χ2v) is 7.39. The predicted octanol–water partition coefficient (Wildman–Crippen LogP) is 3.97. The van der Waals surface area contributed by atoms with E-state index in [0.717, 1.165) is 15.7 Å². The maximum Gasteiger partial charge on any atom is 0.274 e. The van der Waals surface area contributed by atoms with Gasteiger partial charge in [0.2, 0.25) is 11.8 Å². The summed E-state index contributed by atoms with van der Waals surface area (Å²) >= 11 is 3.43. The summed E-state index contributed by atoms with van der Waals surface area (Å²) in [6.45, 7) is 3.80. The van der Waals surface area contributed by atoms with Crippen molar-refractivity contribution in [1.82, 2.24) is 0 Å². The molecule has 1 aliphatic rings. The number of rotatable bonds is 4. The number of aryl methyl sites for hydroxylation is 1. The third kappa shape index (κ3) is 3.85. The molecule has 1 heterocycles. The van der Waals surface area contributed by atoms with Crippen LogP contribution in [0.25, 0.3) is 0 Å². The molecule has 2 aromatic rings. The molecule has 2 amide bonds. The maximum atomic E-state index is 12.6. The molecule has 1 N–H and O–H groups in total. The minimum atomic E-state index is -0.514. The Labute approximate surface area is 164 Å². The van der Waals surface area contributed by atoms with Crippen molar-refractivity contribution in [2.45, 2.75) is 20.3 Å². The molecule has 140 valence electrons. The number of nitro groups is 1. The van der Waals surface area contributed by atoms with E-state index in [1.54, 1.807) is 17.9 Å². The first-order valence-corrected chi connectivity index (χ1v) is 9.18. The Morgan fingerprint density at radius 1 is 1.30 bits per heavy atom. The van der Waals surface area contributed by atoms with E-state index in [0.29, 0.717) is 11.3 Å². The predicted molar refractivity (Wildman–Crippen MR) is 106 cm³/mol. The lowest BCUT2D eigenvalue weighted by Crippen LogP contribution is -2.28. The number of anilines is 2. The highest BCUT2D eigenvalue weighted by atomic mass is 79.9. The van der Waals surface area contributed by atoms with Gasteiger partial charge in [-0.05, 0) is 43.7 Å². The molecule has 0 saturated carbocycles. The van der Waals surface area contributed by atoms with Crippen molar-refractivity contribution < 1.29 is 14.5 Å². The van der Waals surface area contributed by atoms with E-state index in [4.69, 9.17) is 0 Å². The van der Waals surface area contributed by atoms with Crippen LogP contribution in [0.15, 0.2) is 40.9 Å². The largest absolute Gasteiger partial charge is 0.325 e. The van der Waals surface area contributed by atoms with Gasteiger partial charge in [0.15, 0.2) is 0 Å². The van der Waals surface area contributed by atoms with E-state index in [9.17, 15) is 19.7 Å². The number of halogens is 1. The minimum Gasteiger partial charge on any atom is -0.325 e. The Balaban J connectivity index is 1.75. The molecule has 0 radical (unpaired) electrons. The van der Waals surface area contributed by atoms with Crippen LogP contribution in [0.4, 0.5) is 17.1 Å². The topological polar surface area (TPSA) is 92.6 Å². The molecule has 1 saturated heterocycles. The summed E-state index contributed by atoms with van der Waals surface area (Å²) in [6, 6.07) is 10.1. The lowest BCUT2D eigenvalue weighted by atomic mass is 10.1. The number of nitrogens with one attached hydrogen (secondary N) is 1. The quantitative estimate of drug-likeness (QED) is 0.585. The van der Waals surface area contributed by atoms with Crippen LogP contribution in [-0.2, 0) is 9.59 Å². The molecule has 1 fully saturated rings. The minimum absolute atomic E-state index is 0.0535. The fourth-order valence-corrected chi connectivity index (χ4v) is 3.37. The summed E-state index contributed by atoms with van der Waals surface area (Å²) in [5, 5.41) is 13.8. The monoisotopic (exact) mass is 431 g/mol. The fraction of sp³-hybridized carbons (Fsp3) is 0.263. The van der Waals surface area contributed by atoms with Gasteiger partial charge in [0.05, 0.1) is 22.1 Å². The van der Waals surface area contributed by atoms with Gasteiger partial charge in [-0.1, -0.05) is 22.0 Å². The molecule has 0 aliphatic carbocycles. The van der Waals surface area contributed by atoms with E-state index in [2.05, 4.69) is 21.2 Å². The van der Waals surface area contributed by atoms with Crippen LogP contribution in [-0.4, -0.2) is 23.3 Å². The third-order valence-corrected chi connectivity index (χ3v) is 5.60. The van der Waals surface area contributed by atoms with Gasteiger partial charge in [0.1, 0.15) is 0 Å². The smallest absolute Gasteiger partial charge is 0.274 e. The number of hydrogen-bond acceptors (Lipinski definition) is 4. The van der Waals surface area contributed by atoms with Crippen molar-refractivity contribution in [3.63, 3.8) is 0 Å². The van der Waals surface area contributed by atoms with Crippen LogP contribution in [0.5, 0.6) is 0 Å². The lowest BCUT2D eigenvalue weighted by Gasteiger charge is -2.18. The number of hydrogen-bond donors (Lipinski definition) is 1. The molecule has 0 spiro atoms. The molecule has 1 aliphatic heterocycles. The summed E-state index contributed by atoms with van der Waals surface area (Å²) in [7, 11) is 0. The first-order valence-electron chi connectivity index (χ1n) is 8.39. The standard InChI is InChI=1S/C19H18BrN3O4/c1-11-8-14(6-7-15(11)20)22-10-13(9-18(22)24)19(25)21-16-4-3-5-17(12(16)2)23(26)27/h3-8,13H,9-10H2,1-2H3,(H,21,25)/t13-/m1/s1. The van der Waals surface area contributed by atoms with Crippen molar-refractivity contribution >= 4 is 44.8 Å². The van der Waals surface area contributed by atoms with Gasteiger partial charge in [-0.3, -0.25) is 19.7 Å². The van der Waals surface area contributed by atoms with Gasteiger partial charge in [-0.25, -0.2) is 0 Å². The number of benzene rings is 2.